The molecular formula is C48H59F3N8O7. The van der Waals surface area contributed by atoms with Gasteiger partial charge >= 0.3 is 12.1 Å². The Morgan fingerprint density at radius 3 is 2.52 bits per heavy atom. The summed E-state index contributed by atoms with van der Waals surface area (Å²) < 4.78 is 58.3. The zero-order chi connectivity index (χ0) is 47.8. The predicted molar refractivity (Wildman–Crippen MR) is 240 cm³/mol. The summed E-state index contributed by atoms with van der Waals surface area (Å²) >= 11 is 0. The van der Waals surface area contributed by atoms with E-state index in [2.05, 4.69) is 22.4 Å². The molecule has 18 heteroatoms. The Bertz CT molecular complexity index is 2520. The summed E-state index contributed by atoms with van der Waals surface area (Å²) in [5, 5.41) is 9.28. The van der Waals surface area contributed by atoms with E-state index < -0.39 is 66.8 Å². The summed E-state index contributed by atoms with van der Waals surface area (Å²) in [6.45, 7) is 10.2. The average molecular weight is 917 g/mol. The Kier molecular flexibility index (Phi) is 14.1. The van der Waals surface area contributed by atoms with Gasteiger partial charge in [0, 0.05) is 70.1 Å². The van der Waals surface area contributed by atoms with E-state index in [1.165, 1.54) is 33.9 Å². The highest BCUT2D eigenvalue weighted by Gasteiger charge is 2.40. The van der Waals surface area contributed by atoms with Crippen molar-refractivity contribution in [3.63, 3.8) is 0 Å². The van der Waals surface area contributed by atoms with Gasteiger partial charge in [0.2, 0.25) is 17.7 Å². The lowest BCUT2D eigenvalue weighted by atomic mass is 9.95. The summed E-state index contributed by atoms with van der Waals surface area (Å²) in [4.78, 5) is 72.1. The van der Waals surface area contributed by atoms with Crippen LogP contribution < -0.4 is 10.7 Å². The first-order valence-electron chi connectivity index (χ1n) is 22.4. The molecule has 2 fully saturated rings. The molecule has 2 aromatic heterocycles. The number of amides is 4. The highest BCUT2D eigenvalue weighted by Crippen LogP contribution is 2.42. The number of carbonyl (C=O) groups is 5. The number of methoxy groups -OCH3 is 1. The lowest BCUT2D eigenvalue weighted by molar-refractivity contribution is -0.156. The summed E-state index contributed by atoms with van der Waals surface area (Å²) in [5.74, 6) is -3.13. The molecule has 7 rings (SSSR count). The van der Waals surface area contributed by atoms with Crippen molar-refractivity contribution in [1.29, 1.82) is 0 Å². The van der Waals surface area contributed by atoms with E-state index in [-0.39, 0.29) is 49.4 Å². The van der Waals surface area contributed by atoms with Crippen molar-refractivity contribution in [2.24, 2.45) is 18.9 Å². The molecule has 3 aliphatic rings. The third kappa shape index (κ3) is 9.89. The molecule has 4 amide bonds. The summed E-state index contributed by atoms with van der Waals surface area (Å²) in [7, 11) is 4.78. The lowest BCUT2D eigenvalue weighted by Crippen LogP contribution is -2.62. The number of nitrogens with one attached hydrogen (secondary N) is 2. The van der Waals surface area contributed by atoms with Gasteiger partial charge in [0.1, 0.15) is 30.8 Å². The topological polar surface area (TPSA) is 160 Å². The molecule has 2 saturated heterocycles. The molecule has 2 aromatic carbocycles. The minimum absolute atomic E-state index is 0.0214. The minimum Gasteiger partial charge on any atom is -0.461 e. The highest BCUT2D eigenvalue weighted by atomic mass is 19.4. The SMILES string of the molecule is C=CC(=O)N1CCC(C(=O)N(C)C(C(=O)NC2Cc3cccc(c3)-c3ccc4c(c3)c(c(-c3cnn(C)c3C(C)OC)n4CC(F)(F)F)C[C@@H](C)OC(=O)[C@@H]3CCCN(N3)C2=O)C(C)C)C1. The zero-order valence-corrected chi connectivity index (χ0v) is 38.5. The Hall–Kier alpha value is -6.01. The van der Waals surface area contributed by atoms with Gasteiger partial charge in [-0.3, -0.25) is 33.7 Å². The molecule has 354 valence electrons. The number of alkyl halides is 3. The van der Waals surface area contributed by atoms with E-state index in [1.54, 1.807) is 49.7 Å². The second kappa shape index (κ2) is 19.5. The molecule has 0 radical (unpaired) electrons. The van der Waals surface area contributed by atoms with Crippen LogP contribution in [0.1, 0.15) is 69.9 Å². The number of fused-ring (bicyclic) bond motifs is 6. The van der Waals surface area contributed by atoms with Gasteiger partial charge in [-0.2, -0.15) is 18.3 Å². The van der Waals surface area contributed by atoms with Crippen molar-refractivity contribution in [1.82, 2.24) is 39.9 Å². The van der Waals surface area contributed by atoms with Gasteiger partial charge in [0.25, 0.3) is 5.91 Å². The van der Waals surface area contributed by atoms with Crippen molar-refractivity contribution < 1.29 is 46.6 Å². The van der Waals surface area contributed by atoms with Crippen LogP contribution in [0.4, 0.5) is 13.2 Å². The Morgan fingerprint density at radius 2 is 1.82 bits per heavy atom. The number of hydrogen-bond acceptors (Lipinski definition) is 9. The number of ether oxygens (including phenoxy) is 2. The van der Waals surface area contributed by atoms with Crippen LogP contribution in [-0.4, -0.2) is 123 Å². The van der Waals surface area contributed by atoms with E-state index in [0.717, 1.165) is 0 Å². The number of nitrogens with zero attached hydrogens (tertiary/aromatic N) is 6. The maximum atomic E-state index is 14.6. The number of cyclic esters (lactones) is 1. The maximum absolute atomic E-state index is 14.6. The van der Waals surface area contributed by atoms with Crippen LogP contribution in [-0.2, 0) is 59.9 Å². The molecule has 6 atom stereocenters. The van der Waals surface area contributed by atoms with Crippen molar-refractivity contribution >= 4 is 40.5 Å². The van der Waals surface area contributed by atoms with Gasteiger partial charge in [-0.15, -0.1) is 0 Å². The number of halogens is 3. The van der Waals surface area contributed by atoms with E-state index in [0.29, 0.717) is 70.2 Å². The van der Waals surface area contributed by atoms with Crippen molar-refractivity contribution in [2.45, 2.75) is 103 Å². The van der Waals surface area contributed by atoms with E-state index in [1.807, 2.05) is 44.2 Å². The fourth-order valence-electron chi connectivity index (χ4n) is 9.81. The first kappa shape index (κ1) is 47.9. The van der Waals surface area contributed by atoms with Crippen LogP contribution in [0.2, 0.25) is 0 Å². The number of aromatic nitrogens is 3. The largest absolute Gasteiger partial charge is 0.461 e. The van der Waals surface area contributed by atoms with Crippen LogP contribution in [0.15, 0.2) is 61.3 Å². The fourth-order valence-corrected chi connectivity index (χ4v) is 9.81. The molecule has 4 aromatic rings. The van der Waals surface area contributed by atoms with Crippen molar-refractivity contribution in [3.05, 3.63) is 78.1 Å². The standard InChI is InChI=1S/C48H59F3N8O7/c1-9-40(60)57-19-17-33(25-57)45(62)55(6)41(27(2)3)44(61)53-38-22-30-12-10-13-31(21-30)32-15-16-39-34(23-32)35(20-28(4)66-47(64)37-14-11-18-59(54-37)46(38)63)43(58(39)26-48(49,50)51)36-24-52-56(7)42(36)29(5)65-8/h9-10,12-13,15-16,21,23-24,27-29,33,37-38,41,54H,1,11,14,17-20,22,25-26H2,2-8H3,(H,53,61)/t28-,29?,33?,37+,38?,41?/m1/s1. The molecule has 5 heterocycles. The molecule has 2 N–H and O–H groups in total. The number of aryl methyl sites for hydroxylation is 1. The Balaban J connectivity index is 1.31. The van der Waals surface area contributed by atoms with Crippen LogP contribution in [0.5, 0.6) is 0 Å². The molecular weight excluding hydrogens is 858 g/mol. The first-order valence-corrected chi connectivity index (χ1v) is 22.4. The number of rotatable bonds is 10. The second-order valence-corrected chi connectivity index (χ2v) is 18.0. The fraction of sp³-hybridized carbons (Fsp3) is 0.500. The first-order chi connectivity index (χ1) is 31.3. The molecule has 0 spiro atoms. The number of esters is 1. The third-order valence-electron chi connectivity index (χ3n) is 13.0. The number of benzene rings is 2. The number of carbonyl (C=O) groups excluding carboxylic acids is 5. The van der Waals surface area contributed by atoms with Gasteiger partial charge < -0.3 is 29.2 Å². The summed E-state index contributed by atoms with van der Waals surface area (Å²) in [6.07, 6.45) is -1.95. The van der Waals surface area contributed by atoms with Gasteiger partial charge in [-0.1, -0.05) is 50.8 Å². The third-order valence-corrected chi connectivity index (χ3v) is 13.0. The van der Waals surface area contributed by atoms with Gasteiger partial charge in [0.05, 0.1) is 29.6 Å². The molecule has 4 unspecified atom stereocenters. The highest BCUT2D eigenvalue weighted by molar-refractivity contribution is 5.96. The van der Waals surface area contributed by atoms with Crippen LogP contribution >= 0.6 is 0 Å². The number of hydrazine groups is 1. The van der Waals surface area contributed by atoms with E-state index >= 15 is 0 Å². The smallest absolute Gasteiger partial charge is 0.406 e. The second-order valence-electron chi connectivity index (χ2n) is 18.0. The number of likely N-dealkylation sites (tertiary alicyclic amines) is 1. The number of hydrogen-bond donors (Lipinski definition) is 2. The predicted octanol–water partition coefficient (Wildman–Crippen LogP) is 5.51. The van der Waals surface area contributed by atoms with E-state index in [4.69, 9.17) is 9.47 Å². The van der Waals surface area contributed by atoms with Gasteiger partial charge in [0.15, 0.2) is 0 Å². The van der Waals surface area contributed by atoms with Crippen molar-refractivity contribution in [3.8, 4) is 22.4 Å². The number of likely N-dealkylation sites (N-methyl/N-ethyl adjacent to an activating group) is 1. The van der Waals surface area contributed by atoms with Crippen LogP contribution in [0.3, 0.4) is 0 Å². The monoisotopic (exact) mass is 916 g/mol. The molecule has 15 nitrogen and oxygen atoms in total. The molecule has 3 aliphatic heterocycles. The Labute approximate surface area is 382 Å². The van der Waals surface area contributed by atoms with E-state index in [9.17, 15) is 37.1 Å². The molecule has 0 saturated carbocycles. The molecule has 66 heavy (non-hydrogen) atoms. The molecule has 0 aliphatic carbocycles. The maximum Gasteiger partial charge on any atom is 0.406 e. The van der Waals surface area contributed by atoms with Crippen LogP contribution in [0.25, 0.3) is 33.3 Å². The summed E-state index contributed by atoms with van der Waals surface area (Å²) in [5.41, 5.74) is 7.27. The quantitative estimate of drug-likeness (QED) is 0.155. The van der Waals surface area contributed by atoms with Gasteiger partial charge in [-0.25, -0.2) is 5.43 Å². The van der Waals surface area contributed by atoms with Crippen LogP contribution in [0, 0.1) is 11.8 Å². The lowest BCUT2D eigenvalue weighted by Gasteiger charge is -2.37. The Morgan fingerprint density at radius 1 is 1.08 bits per heavy atom. The van der Waals surface area contributed by atoms with Crippen molar-refractivity contribution in [2.75, 3.05) is 33.8 Å². The zero-order valence-electron chi connectivity index (χ0n) is 38.5. The van der Waals surface area contributed by atoms with Gasteiger partial charge in [-0.05, 0) is 79.5 Å². The minimum atomic E-state index is -4.60. The average Bonchev–Trinajstić information content (AvgIpc) is 4.00. The summed E-state index contributed by atoms with van der Waals surface area (Å²) in [6, 6.07) is 9.56. The molecule has 6 bridgehead atoms. The normalized spacial score (nSPS) is 21.4.